The number of likely N-dealkylation sites (N-methyl/N-ethyl adjacent to an activating group) is 1. The number of alkyl halides is 3. The Balaban J connectivity index is 1.61. The van der Waals surface area contributed by atoms with E-state index < -0.39 is 12.7 Å². The van der Waals surface area contributed by atoms with E-state index in [4.69, 9.17) is 16.3 Å². The number of fused-ring (bicyclic) bond motifs is 3. The molecule has 1 fully saturated rings. The number of amides is 1. The zero-order valence-electron chi connectivity index (χ0n) is 16.8. The SMILES string of the molecule is CN(CC(=O)N1CCOCC1)Cc1ccc2c(c1)c1ncnc(Cl)c1n2CC(F)(F)F. The molecule has 1 saturated heterocycles. The molecule has 0 saturated carbocycles. The molecule has 0 N–H and O–H groups in total. The molecule has 0 radical (unpaired) electrons. The Morgan fingerprint density at radius 1 is 1.26 bits per heavy atom. The average molecular weight is 456 g/mol. The molecule has 4 rings (SSSR count). The number of hydrogen-bond donors (Lipinski definition) is 0. The molecule has 0 unspecified atom stereocenters. The molecule has 1 aliphatic heterocycles. The van der Waals surface area contributed by atoms with Gasteiger partial charge in [-0.1, -0.05) is 17.7 Å². The Hall–Kier alpha value is -2.43. The minimum Gasteiger partial charge on any atom is -0.378 e. The third-order valence-corrected chi connectivity index (χ3v) is 5.49. The first-order valence-corrected chi connectivity index (χ1v) is 10.1. The standard InChI is InChI=1S/C20H21ClF3N5O2/c1-27(10-16(30)28-4-6-31-7-5-28)9-13-2-3-15-14(8-13)17-18(19(21)26-12-25-17)29(15)11-20(22,23)24/h2-3,8,12H,4-7,9-11H2,1H3. The third-order valence-electron chi connectivity index (χ3n) is 5.21. The van der Waals surface area contributed by atoms with Crippen LogP contribution in [0.25, 0.3) is 21.9 Å². The van der Waals surface area contributed by atoms with Crippen molar-refractivity contribution in [2.24, 2.45) is 0 Å². The van der Waals surface area contributed by atoms with Gasteiger partial charge >= 0.3 is 6.18 Å². The van der Waals surface area contributed by atoms with Crippen LogP contribution in [0.15, 0.2) is 24.5 Å². The van der Waals surface area contributed by atoms with E-state index in [1.807, 2.05) is 11.9 Å². The average Bonchev–Trinajstić information content (AvgIpc) is 3.01. The van der Waals surface area contributed by atoms with Gasteiger partial charge in [-0.25, -0.2) is 9.97 Å². The van der Waals surface area contributed by atoms with Crippen LogP contribution in [-0.2, 0) is 22.6 Å². The molecule has 11 heteroatoms. The van der Waals surface area contributed by atoms with Crippen molar-refractivity contribution >= 4 is 39.4 Å². The van der Waals surface area contributed by atoms with Gasteiger partial charge in [-0.3, -0.25) is 9.69 Å². The number of carbonyl (C=O) groups excluding carboxylic acids is 1. The fourth-order valence-electron chi connectivity index (χ4n) is 3.88. The van der Waals surface area contributed by atoms with Crippen molar-refractivity contribution in [1.82, 2.24) is 24.3 Å². The van der Waals surface area contributed by atoms with Gasteiger partial charge in [0.05, 0.1) is 25.3 Å². The second-order valence-electron chi connectivity index (χ2n) is 7.58. The van der Waals surface area contributed by atoms with E-state index in [1.54, 1.807) is 23.1 Å². The summed E-state index contributed by atoms with van der Waals surface area (Å²) in [7, 11) is 1.83. The Kier molecular flexibility index (Phi) is 6.05. The number of nitrogens with zero attached hydrogens (tertiary/aromatic N) is 5. The lowest BCUT2D eigenvalue weighted by Gasteiger charge is -2.28. The predicted molar refractivity (Wildman–Crippen MR) is 110 cm³/mol. The van der Waals surface area contributed by atoms with Crippen molar-refractivity contribution in [3.05, 3.63) is 35.2 Å². The van der Waals surface area contributed by atoms with Gasteiger partial charge in [0, 0.05) is 25.0 Å². The monoisotopic (exact) mass is 455 g/mol. The number of rotatable bonds is 5. The molecule has 0 aliphatic carbocycles. The maximum Gasteiger partial charge on any atom is 0.406 e. The molecular formula is C20H21ClF3N5O2. The summed E-state index contributed by atoms with van der Waals surface area (Å²) >= 11 is 6.12. The second-order valence-corrected chi connectivity index (χ2v) is 7.94. The number of carbonyl (C=O) groups is 1. The van der Waals surface area contributed by atoms with Gasteiger partial charge in [-0.2, -0.15) is 13.2 Å². The summed E-state index contributed by atoms with van der Waals surface area (Å²) in [6.45, 7) is 1.75. The van der Waals surface area contributed by atoms with Crippen molar-refractivity contribution in [1.29, 1.82) is 0 Å². The molecule has 2 aromatic heterocycles. The van der Waals surface area contributed by atoms with E-state index in [1.165, 1.54) is 6.33 Å². The molecule has 7 nitrogen and oxygen atoms in total. The second kappa shape index (κ2) is 8.60. The highest BCUT2D eigenvalue weighted by atomic mass is 35.5. The van der Waals surface area contributed by atoms with Crippen LogP contribution in [0.5, 0.6) is 0 Å². The molecule has 31 heavy (non-hydrogen) atoms. The summed E-state index contributed by atoms with van der Waals surface area (Å²) < 4.78 is 45.9. The smallest absolute Gasteiger partial charge is 0.378 e. The summed E-state index contributed by atoms with van der Waals surface area (Å²) in [6, 6.07) is 5.18. The van der Waals surface area contributed by atoms with Crippen LogP contribution in [-0.4, -0.2) is 76.3 Å². The van der Waals surface area contributed by atoms with Crippen LogP contribution in [0.3, 0.4) is 0 Å². The van der Waals surface area contributed by atoms with Crippen LogP contribution in [0.1, 0.15) is 5.56 Å². The predicted octanol–water partition coefficient (Wildman–Crippen LogP) is 3.09. The van der Waals surface area contributed by atoms with Crippen molar-refractivity contribution in [2.45, 2.75) is 19.3 Å². The maximum absolute atomic E-state index is 13.2. The number of benzene rings is 1. The summed E-state index contributed by atoms with van der Waals surface area (Å²) in [5, 5.41) is 0.536. The van der Waals surface area contributed by atoms with E-state index >= 15 is 0 Å². The van der Waals surface area contributed by atoms with Crippen LogP contribution < -0.4 is 0 Å². The number of ether oxygens (including phenoxy) is 1. The first-order valence-electron chi connectivity index (χ1n) is 9.75. The molecule has 3 heterocycles. The topological polar surface area (TPSA) is 63.5 Å². The Labute approximate surface area is 181 Å². The first-order chi connectivity index (χ1) is 14.7. The van der Waals surface area contributed by atoms with Crippen molar-refractivity contribution in [3.8, 4) is 0 Å². The molecule has 0 atom stereocenters. The Bertz CT molecular complexity index is 1110. The lowest BCUT2D eigenvalue weighted by molar-refractivity contribution is -0.139. The fraction of sp³-hybridized carbons (Fsp3) is 0.450. The van der Waals surface area contributed by atoms with Crippen molar-refractivity contribution in [2.75, 3.05) is 39.9 Å². The zero-order chi connectivity index (χ0) is 22.2. The van der Waals surface area contributed by atoms with E-state index in [0.29, 0.717) is 49.3 Å². The van der Waals surface area contributed by atoms with Crippen LogP contribution >= 0.6 is 11.6 Å². The van der Waals surface area contributed by atoms with Crippen molar-refractivity contribution < 1.29 is 22.7 Å². The molecule has 0 bridgehead atoms. The van der Waals surface area contributed by atoms with E-state index in [2.05, 4.69) is 9.97 Å². The number of morpholine rings is 1. The number of hydrogen-bond acceptors (Lipinski definition) is 5. The normalized spacial score (nSPS) is 15.4. The molecule has 0 spiro atoms. The van der Waals surface area contributed by atoms with Crippen LogP contribution in [0.2, 0.25) is 5.15 Å². The largest absolute Gasteiger partial charge is 0.406 e. The van der Waals surface area contributed by atoms with Crippen LogP contribution in [0.4, 0.5) is 13.2 Å². The fourth-order valence-corrected chi connectivity index (χ4v) is 4.11. The zero-order valence-corrected chi connectivity index (χ0v) is 17.6. The number of halogens is 4. The summed E-state index contributed by atoms with van der Waals surface area (Å²) in [5.74, 6) is 0.0215. The van der Waals surface area contributed by atoms with Crippen LogP contribution in [0, 0.1) is 0 Å². The Morgan fingerprint density at radius 3 is 2.71 bits per heavy atom. The Morgan fingerprint density at radius 2 is 2.00 bits per heavy atom. The molecule has 1 aliphatic rings. The van der Waals surface area contributed by atoms with E-state index in [9.17, 15) is 18.0 Å². The van der Waals surface area contributed by atoms with E-state index in [-0.39, 0.29) is 23.1 Å². The molecule has 3 aromatic rings. The first kappa shape index (κ1) is 21.8. The lowest BCUT2D eigenvalue weighted by Crippen LogP contribution is -2.44. The van der Waals surface area contributed by atoms with E-state index in [0.717, 1.165) is 10.1 Å². The molecule has 1 amide bonds. The lowest BCUT2D eigenvalue weighted by atomic mass is 10.1. The summed E-state index contributed by atoms with van der Waals surface area (Å²) in [4.78, 5) is 24.1. The molecular weight excluding hydrogens is 435 g/mol. The summed E-state index contributed by atoms with van der Waals surface area (Å²) in [5.41, 5.74) is 1.76. The molecule has 1 aromatic carbocycles. The van der Waals surface area contributed by atoms with Crippen molar-refractivity contribution in [3.63, 3.8) is 0 Å². The minimum absolute atomic E-state index is 0.0215. The van der Waals surface area contributed by atoms with Gasteiger partial charge in [0.1, 0.15) is 23.9 Å². The molecule has 166 valence electrons. The maximum atomic E-state index is 13.2. The van der Waals surface area contributed by atoms with Gasteiger partial charge in [0.25, 0.3) is 0 Å². The highest BCUT2D eigenvalue weighted by Gasteiger charge is 2.31. The highest BCUT2D eigenvalue weighted by Crippen LogP contribution is 2.34. The third kappa shape index (κ3) is 4.76. The van der Waals surface area contributed by atoms with Gasteiger partial charge in [-0.05, 0) is 24.7 Å². The van der Waals surface area contributed by atoms with Gasteiger partial charge < -0.3 is 14.2 Å². The number of aromatic nitrogens is 3. The van der Waals surface area contributed by atoms with Gasteiger partial charge in [-0.15, -0.1) is 0 Å². The highest BCUT2D eigenvalue weighted by molar-refractivity contribution is 6.34. The summed E-state index contributed by atoms with van der Waals surface area (Å²) in [6.07, 6.45) is -3.18. The minimum atomic E-state index is -4.42. The van der Waals surface area contributed by atoms with Gasteiger partial charge in [0.15, 0.2) is 5.15 Å². The quantitative estimate of drug-likeness (QED) is 0.553. The van der Waals surface area contributed by atoms with Gasteiger partial charge in [0.2, 0.25) is 5.91 Å².